The molecule has 122 valence electrons. The fourth-order valence-corrected chi connectivity index (χ4v) is 2.91. The molecule has 0 radical (unpaired) electrons. The first-order valence-electron chi connectivity index (χ1n) is 7.77. The Bertz CT molecular complexity index is 790. The van der Waals surface area contributed by atoms with Gasteiger partial charge in [0.05, 0.1) is 0 Å². The van der Waals surface area contributed by atoms with Crippen LogP contribution in [0.1, 0.15) is 12.5 Å². The first-order valence-corrected chi connectivity index (χ1v) is 8.75. The molecule has 1 aromatic heterocycles. The minimum atomic E-state index is 0.211. The summed E-state index contributed by atoms with van der Waals surface area (Å²) in [6.07, 6.45) is 0. The zero-order chi connectivity index (χ0) is 16.8. The third-order valence-electron chi connectivity index (χ3n) is 3.37. The third-order valence-corrected chi connectivity index (χ3v) is 4.26. The monoisotopic (exact) mass is 337 g/mol. The molecule has 0 saturated heterocycles. The van der Waals surface area contributed by atoms with Crippen LogP contribution in [-0.4, -0.2) is 20.7 Å². The number of aromatic nitrogens is 3. The van der Waals surface area contributed by atoms with Crippen molar-refractivity contribution in [1.82, 2.24) is 15.0 Å². The first kappa shape index (κ1) is 16.3. The number of nitrogens with two attached hydrogens (primary N) is 1. The number of hydrogen-bond acceptors (Lipinski definition) is 6. The van der Waals surface area contributed by atoms with Crippen LogP contribution in [-0.2, 0) is 6.54 Å². The third kappa shape index (κ3) is 4.23. The molecule has 0 aliphatic rings. The Kier molecular flexibility index (Phi) is 5.28. The van der Waals surface area contributed by atoms with Gasteiger partial charge in [0, 0.05) is 17.0 Å². The largest absolute Gasteiger partial charge is 0.368 e. The molecule has 0 fully saturated rings. The minimum absolute atomic E-state index is 0.211. The molecular formula is C18H19N5S. The highest BCUT2D eigenvalue weighted by Gasteiger charge is 2.07. The predicted octanol–water partition coefficient (Wildman–Crippen LogP) is 3.84. The van der Waals surface area contributed by atoms with E-state index in [1.807, 2.05) is 42.5 Å². The van der Waals surface area contributed by atoms with Crippen LogP contribution in [0.2, 0.25) is 0 Å². The number of hydrogen-bond donors (Lipinski definition) is 2. The van der Waals surface area contributed by atoms with E-state index < -0.39 is 0 Å². The Balaban J connectivity index is 1.78. The Morgan fingerprint density at radius 3 is 2.42 bits per heavy atom. The van der Waals surface area contributed by atoms with Crippen molar-refractivity contribution in [2.75, 3.05) is 16.8 Å². The minimum Gasteiger partial charge on any atom is -0.368 e. The van der Waals surface area contributed by atoms with Crippen molar-refractivity contribution in [2.24, 2.45) is 0 Å². The quantitative estimate of drug-likeness (QED) is 0.665. The second-order valence-electron chi connectivity index (χ2n) is 5.14. The van der Waals surface area contributed by atoms with E-state index >= 15 is 0 Å². The Labute approximate surface area is 145 Å². The lowest BCUT2D eigenvalue weighted by Crippen LogP contribution is -2.08. The highest BCUT2D eigenvalue weighted by Crippen LogP contribution is 2.23. The molecule has 0 spiro atoms. The molecule has 0 aliphatic heterocycles. The molecule has 2 aromatic carbocycles. The van der Waals surface area contributed by atoms with Crippen molar-refractivity contribution in [2.45, 2.75) is 18.4 Å². The molecule has 3 N–H and O–H groups in total. The van der Waals surface area contributed by atoms with Crippen molar-refractivity contribution in [3.8, 4) is 11.4 Å². The highest BCUT2D eigenvalue weighted by atomic mass is 32.2. The fourth-order valence-electron chi connectivity index (χ4n) is 2.24. The Morgan fingerprint density at radius 2 is 1.71 bits per heavy atom. The van der Waals surface area contributed by atoms with Crippen molar-refractivity contribution in [3.05, 3.63) is 60.2 Å². The summed E-state index contributed by atoms with van der Waals surface area (Å²) in [4.78, 5) is 14.1. The molecule has 0 aliphatic carbocycles. The van der Waals surface area contributed by atoms with E-state index in [9.17, 15) is 0 Å². The molecule has 0 bridgehead atoms. The number of thioether (sulfide) groups is 1. The average molecular weight is 337 g/mol. The van der Waals surface area contributed by atoms with Crippen LogP contribution < -0.4 is 11.1 Å². The number of anilines is 2. The van der Waals surface area contributed by atoms with Gasteiger partial charge in [0.25, 0.3) is 0 Å². The maximum atomic E-state index is 5.84. The van der Waals surface area contributed by atoms with Crippen LogP contribution in [0.3, 0.4) is 0 Å². The highest BCUT2D eigenvalue weighted by molar-refractivity contribution is 7.99. The first-order chi connectivity index (χ1) is 11.7. The second kappa shape index (κ2) is 7.79. The number of nitrogens with one attached hydrogen (secondary N) is 1. The van der Waals surface area contributed by atoms with Gasteiger partial charge in [-0.2, -0.15) is 15.0 Å². The zero-order valence-electron chi connectivity index (χ0n) is 13.4. The Morgan fingerprint density at radius 1 is 0.958 bits per heavy atom. The maximum absolute atomic E-state index is 5.84. The van der Waals surface area contributed by atoms with Crippen molar-refractivity contribution in [1.29, 1.82) is 0 Å². The molecular weight excluding hydrogens is 318 g/mol. The summed E-state index contributed by atoms with van der Waals surface area (Å²) in [6, 6.07) is 18.2. The summed E-state index contributed by atoms with van der Waals surface area (Å²) in [5.74, 6) is 2.31. The summed E-state index contributed by atoms with van der Waals surface area (Å²) in [7, 11) is 0. The fraction of sp³-hybridized carbons (Fsp3) is 0.167. The van der Waals surface area contributed by atoms with Crippen LogP contribution in [0.4, 0.5) is 11.9 Å². The lowest BCUT2D eigenvalue weighted by atomic mass is 10.2. The van der Waals surface area contributed by atoms with Gasteiger partial charge in [-0.1, -0.05) is 49.4 Å². The molecule has 24 heavy (non-hydrogen) atoms. The van der Waals surface area contributed by atoms with Crippen LogP contribution in [0, 0.1) is 0 Å². The van der Waals surface area contributed by atoms with Crippen molar-refractivity contribution in [3.63, 3.8) is 0 Å². The number of benzene rings is 2. The average Bonchev–Trinajstić information content (AvgIpc) is 2.61. The van der Waals surface area contributed by atoms with Crippen LogP contribution >= 0.6 is 11.8 Å². The number of rotatable bonds is 6. The van der Waals surface area contributed by atoms with Gasteiger partial charge in [-0.25, -0.2) is 0 Å². The summed E-state index contributed by atoms with van der Waals surface area (Å²) in [5, 5.41) is 3.20. The van der Waals surface area contributed by atoms with E-state index in [4.69, 9.17) is 5.73 Å². The van der Waals surface area contributed by atoms with Gasteiger partial charge in [0.1, 0.15) is 0 Å². The molecule has 5 nitrogen and oxygen atoms in total. The molecule has 3 aromatic rings. The van der Waals surface area contributed by atoms with Gasteiger partial charge in [-0.05, 0) is 23.4 Å². The van der Waals surface area contributed by atoms with Gasteiger partial charge in [-0.15, -0.1) is 11.8 Å². The van der Waals surface area contributed by atoms with Crippen LogP contribution in [0.5, 0.6) is 0 Å². The predicted molar refractivity (Wildman–Crippen MR) is 99.8 cm³/mol. The van der Waals surface area contributed by atoms with Gasteiger partial charge in [-0.3, -0.25) is 0 Å². The number of nitrogens with zero attached hydrogens (tertiary/aromatic N) is 3. The Hall–Kier alpha value is -2.60. The van der Waals surface area contributed by atoms with E-state index in [0.29, 0.717) is 18.3 Å². The van der Waals surface area contributed by atoms with Gasteiger partial charge >= 0.3 is 0 Å². The van der Waals surface area contributed by atoms with E-state index in [1.54, 1.807) is 11.8 Å². The lowest BCUT2D eigenvalue weighted by molar-refractivity contribution is 1.02. The molecule has 0 amide bonds. The van der Waals surface area contributed by atoms with Crippen LogP contribution in [0.15, 0.2) is 59.5 Å². The summed E-state index contributed by atoms with van der Waals surface area (Å²) in [5.41, 5.74) is 7.91. The SMILES string of the molecule is CCSc1ccc(-c2nc(N)nc(NCc3ccccc3)n2)cc1. The molecule has 0 atom stereocenters. The molecule has 0 unspecified atom stereocenters. The van der Waals surface area contributed by atoms with Gasteiger partial charge in [0.2, 0.25) is 11.9 Å². The maximum Gasteiger partial charge on any atom is 0.228 e. The smallest absolute Gasteiger partial charge is 0.228 e. The zero-order valence-corrected chi connectivity index (χ0v) is 14.3. The topological polar surface area (TPSA) is 76.7 Å². The van der Waals surface area contributed by atoms with Crippen molar-refractivity contribution < 1.29 is 0 Å². The molecule has 3 rings (SSSR count). The summed E-state index contributed by atoms with van der Waals surface area (Å²) >= 11 is 1.80. The van der Waals surface area contributed by atoms with E-state index in [-0.39, 0.29) is 5.95 Å². The molecule has 6 heteroatoms. The van der Waals surface area contributed by atoms with E-state index in [2.05, 4.69) is 39.3 Å². The lowest BCUT2D eigenvalue weighted by Gasteiger charge is -2.08. The number of nitrogen functional groups attached to an aromatic ring is 1. The van der Waals surface area contributed by atoms with E-state index in [0.717, 1.165) is 16.9 Å². The molecule has 0 saturated carbocycles. The van der Waals surface area contributed by atoms with Gasteiger partial charge in [0.15, 0.2) is 5.82 Å². The van der Waals surface area contributed by atoms with E-state index in [1.165, 1.54) is 4.90 Å². The van der Waals surface area contributed by atoms with Crippen molar-refractivity contribution >= 4 is 23.7 Å². The normalized spacial score (nSPS) is 10.5. The van der Waals surface area contributed by atoms with Gasteiger partial charge < -0.3 is 11.1 Å². The summed E-state index contributed by atoms with van der Waals surface area (Å²) in [6.45, 7) is 2.77. The standard InChI is InChI=1S/C18H19N5S/c1-2-24-15-10-8-14(9-11-15)16-21-17(19)23-18(22-16)20-12-13-6-4-3-5-7-13/h3-11H,2,12H2,1H3,(H3,19,20,21,22,23). The van der Waals surface area contributed by atoms with Crippen LogP contribution in [0.25, 0.3) is 11.4 Å². The summed E-state index contributed by atoms with van der Waals surface area (Å²) < 4.78 is 0. The second-order valence-corrected chi connectivity index (χ2v) is 6.47. The molecule has 1 heterocycles.